The van der Waals surface area contributed by atoms with E-state index in [0.29, 0.717) is 0 Å². The SMILES string of the molecule is CCO.C[SiH](C)O[SiH3]. The Morgan fingerprint density at radius 2 is 1.75 bits per heavy atom. The van der Waals surface area contributed by atoms with Gasteiger partial charge in [-0.05, 0) is 20.0 Å². The topological polar surface area (TPSA) is 29.5 Å². The minimum atomic E-state index is -0.588. The van der Waals surface area contributed by atoms with Crippen LogP contribution in [0.5, 0.6) is 0 Å². The first-order chi connectivity index (χ1) is 3.68. The molecule has 2 nitrogen and oxygen atoms in total. The molecule has 0 radical (unpaired) electrons. The zero-order valence-electron chi connectivity index (χ0n) is 6.14. The van der Waals surface area contributed by atoms with E-state index < -0.39 is 9.04 Å². The van der Waals surface area contributed by atoms with Crippen LogP contribution in [0.1, 0.15) is 6.92 Å². The summed E-state index contributed by atoms with van der Waals surface area (Å²) in [5.74, 6) is 0. The molecule has 0 amide bonds. The van der Waals surface area contributed by atoms with Crippen molar-refractivity contribution in [2.75, 3.05) is 6.61 Å². The number of aliphatic hydroxyl groups excluding tert-OH is 1. The van der Waals surface area contributed by atoms with Crippen molar-refractivity contribution >= 4 is 19.5 Å². The molecular weight excluding hydrogens is 136 g/mol. The first kappa shape index (κ1) is 11.2. The third kappa shape index (κ3) is 32.9. The lowest BCUT2D eigenvalue weighted by Gasteiger charge is -1.93. The average Bonchev–Trinajstić information content (AvgIpc) is 1.69. The highest BCUT2D eigenvalue weighted by Crippen LogP contribution is 1.72. The van der Waals surface area contributed by atoms with Gasteiger partial charge in [-0.1, -0.05) is 0 Å². The average molecular weight is 152 g/mol. The lowest BCUT2D eigenvalue weighted by Crippen LogP contribution is -2.02. The molecule has 0 heterocycles. The van der Waals surface area contributed by atoms with Crippen molar-refractivity contribution in [3.05, 3.63) is 0 Å². The van der Waals surface area contributed by atoms with Crippen LogP contribution in [0.3, 0.4) is 0 Å². The summed E-state index contributed by atoms with van der Waals surface area (Å²) in [6.07, 6.45) is 0. The van der Waals surface area contributed by atoms with Gasteiger partial charge in [0, 0.05) is 6.61 Å². The van der Waals surface area contributed by atoms with Gasteiger partial charge in [-0.3, -0.25) is 0 Å². The summed E-state index contributed by atoms with van der Waals surface area (Å²) in [5.41, 5.74) is 0. The van der Waals surface area contributed by atoms with E-state index in [0.717, 1.165) is 10.5 Å². The maximum absolute atomic E-state index is 7.57. The Balaban J connectivity index is 0. The van der Waals surface area contributed by atoms with Crippen LogP contribution in [-0.2, 0) is 4.12 Å². The number of hydrogen-bond donors (Lipinski definition) is 1. The molecule has 8 heavy (non-hydrogen) atoms. The summed E-state index contributed by atoms with van der Waals surface area (Å²) in [6, 6.07) is 0. The van der Waals surface area contributed by atoms with Gasteiger partial charge in [0.25, 0.3) is 0 Å². The van der Waals surface area contributed by atoms with Gasteiger partial charge in [0.1, 0.15) is 10.5 Å². The molecule has 0 fully saturated rings. The molecule has 0 aliphatic carbocycles. The normalized spacial score (nSPS) is 8.62. The minimum Gasteiger partial charge on any atom is -0.466 e. The standard InChI is InChI=1S/C2H10OSi2.C2H6O/c1-5(2)3-4;1-2-3/h5H,1-2,4H3;3H,2H2,1H3. The van der Waals surface area contributed by atoms with Crippen LogP contribution in [0.4, 0.5) is 0 Å². The fourth-order valence-corrected chi connectivity index (χ4v) is 0. The number of rotatable bonds is 1. The van der Waals surface area contributed by atoms with Gasteiger partial charge in [0.05, 0.1) is 0 Å². The summed E-state index contributed by atoms with van der Waals surface area (Å²) in [6.45, 7) is 6.28. The van der Waals surface area contributed by atoms with E-state index in [1.54, 1.807) is 6.92 Å². The lowest BCUT2D eigenvalue weighted by molar-refractivity contribution is 0.318. The van der Waals surface area contributed by atoms with E-state index in [9.17, 15) is 0 Å². The Hall–Kier alpha value is 0.354. The van der Waals surface area contributed by atoms with E-state index >= 15 is 0 Å². The molecule has 0 atom stereocenters. The van der Waals surface area contributed by atoms with Crippen LogP contribution in [0.25, 0.3) is 0 Å². The molecule has 0 aromatic rings. The Morgan fingerprint density at radius 3 is 1.75 bits per heavy atom. The molecule has 0 spiro atoms. The maximum atomic E-state index is 7.57. The van der Waals surface area contributed by atoms with Gasteiger partial charge >= 0.3 is 0 Å². The first-order valence-electron chi connectivity index (χ1n) is 2.82. The second-order valence-corrected chi connectivity index (χ2v) is 5.58. The van der Waals surface area contributed by atoms with Crippen molar-refractivity contribution < 1.29 is 9.22 Å². The fourth-order valence-electron chi connectivity index (χ4n) is 0. The molecule has 4 heteroatoms. The van der Waals surface area contributed by atoms with Crippen molar-refractivity contribution in [2.24, 2.45) is 0 Å². The van der Waals surface area contributed by atoms with Gasteiger partial charge in [0.2, 0.25) is 0 Å². The van der Waals surface area contributed by atoms with Crippen molar-refractivity contribution in [1.29, 1.82) is 0 Å². The van der Waals surface area contributed by atoms with Gasteiger partial charge in [-0.15, -0.1) is 0 Å². The zero-order chi connectivity index (χ0) is 6.99. The molecule has 0 aliphatic heterocycles. The highest BCUT2D eigenvalue weighted by atomic mass is 28.3. The second kappa shape index (κ2) is 10.4. The molecule has 52 valence electrons. The molecule has 0 saturated heterocycles. The molecule has 0 aromatic carbocycles. The van der Waals surface area contributed by atoms with E-state index in [2.05, 4.69) is 13.1 Å². The largest absolute Gasteiger partial charge is 0.466 e. The Kier molecular flexibility index (Phi) is 14.5. The molecule has 0 unspecified atom stereocenters. The van der Waals surface area contributed by atoms with Crippen LogP contribution in [0.15, 0.2) is 0 Å². The summed E-state index contributed by atoms with van der Waals surface area (Å²) in [5, 5.41) is 7.57. The van der Waals surface area contributed by atoms with Gasteiger partial charge in [0.15, 0.2) is 9.04 Å². The Labute approximate surface area is 56.1 Å². The molecule has 0 aliphatic rings. The number of hydrogen-bond acceptors (Lipinski definition) is 2. The molecule has 0 aromatic heterocycles. The van der Waals surface area contributed by atoms with Crippen LogP contribution in [-0.4, -0.2) is 31.2 Å². The fraction of sp³-hybridized carbons (Fsp3) is 1.00. The van der Waals surface area contributed by atoms with Crippen molar-refractivity contribution in [1.82, 2.24) is 0 Å². The van der Waals surface area contributed by atoms with Crippen molar-refractivity contribution in [2.45, 2.75) is 20.0 Å². The van der Waals surface area contributed by atoms with Crippen LogP contribution < -0.4 is 0 Å². The third-order valence-corrected chi connectivity index (χ3v) is 4.24. The van der Waals surface area contributed by atoms with Crippen LogP contribution in [0, 0.1) is 0 Å². The van der Waals surface area contributed by atoms with Gasteiger partial charge in [-0.25, -0.2) is 0 Å². The zero-order valence-corrected chi connectivity index (χ0v) is 9.29. The van der Waals surface area contributed by atoms with E-state index in [-0.39, 0.29) is 6.61 Å². The predicted octanol–water partition coefficient (Wildman–Crippen LogP) is -0.735. The smallest absolute Gasteiger partial charge is 0.156 e. The van der Waals surface area contributed by atoms with E-state index in [4.69, 9.17) is 9.22 Å². The highest BCUT2D eigenvalue weighted by Gasteiger charge is 1.82. The third-order valence-electron chi connectivity index (χ3n) is 0.471. The van der Waals surface area contributed by atoms with E-state index in [1.165, 1.54) is 0 Å². The maximum Gasteiger partial charge on any atom is 0.156 e. The summed E-state index contributed by atoms with van der Waals surface area (Å²) in [7, 11) is 0.347. The molecule has 0 bridgehead atoms. The van der Waals surface area contributed by atoms with Gasteiger partial charge < -0.3 is 9.22 Å². The molecule has 1 N–H and O–H groups in total. The number of aliphatic hydroxyl groups is 1. The molecule has 0 saturated carbocycles. The molecular formula is C4H16O2Si2. The summed E-state index contributed by atoms with van der Waals surface area (Å²) >= 11 is 0. The molecule has 0 rings (SSSR count). The van der Waals surface area contributed by atoms with Crippen LogP contribution >= 0.6 is 0 Å². The van der Waals surface area contributed by atoms with Gasteiger partial charge in [-0.2, -0.15) is 0 Å². The summed E-state index contributed by atoms with van der Waals surface area (Å²) in [4.78, 5) is 0. The van der Waals surface area contributed by atoms with Crippen LogP contribution in [0.2, 0.25) is 13.1 Å². The highest BCUT2D eigenvalue weighted by molar-refractivity contribution is 6.52. The van der Waals surface area contributed by atoms with E-state index in [1.807, 2.05) is 0 Å². The monoisotopic (exact) mass is 152 g/mol. The Bertz CT molecular complexity index is 33.2. The predicted molar refractivity (Wildman–Crippen MR) is 42.7 cm³/mol. The Morgan fingerprint density at radius 1 is 1.62 bits per heavy atom. The van der Waals surface area contributed by atoms with Crippen molar-refractivity contribution in [3.63, 3.8) is 0 Å². The van der Waals surface area contributed by atoms with Crippen molar-refractivity contribution in [3.8, 4) is 0 Å². The summed E-state index contributed by atoms with van der Waals surface area (Å²) < 4.78 is 5.03. The quantitative estimate of drug-likeness (QED) is 0.502. The second-order valence-electron chi connectivity index (χ2n) is 1.60. The lowest BCUT2D eigenvalue weighted by atomic mass is 10.9. The minimum absolute atomic E-state index is 0.250. The first-order valence-corrected chi connectivity index (χ1v) is 6.42.